The summed E-state index contributed by atoms with van der Waals surface area (Å²) >= 11 is 0. The molecule has 0 spiro atoms. The second kappa shape index (κ2) is 4.47. The van der Waals surface area contributed by atoms with Gasteiger partial charge in [0.25, 0.3) is 5.69 Å². The number of aromatic nitrogens is 1. The van der Waals surface area contributed by atoms with E-state index in [2.05, 4.69) is 11.4 Å². The van der Waals surface area contributed by atoms with E-state index in [-0.39, 0.29) is 5.69 Å². The number of nitro benzene ring substituents is 1. The number of hydrogen-bond acceptors (Lipinski definition) is 4. The van der Waals surface area contributed by atoms with E-state index in [9.17, 15) is 15.4 Å². The molecule has 2 rings (SSSR count). The fraction of sp³-hybridized carbons (Fsp3) is 0.250. The number of fused-ring (bicyclic) bond motifs is 1. The quantitative estimate of drug-likeness (QED) is 0.657. The van der Waals surface area contributed by atoms with E-state index in [0.717, 1.165) is 16.5 Å². The normalized spacial score (nSPS) is 10.5. The maximum Gasteiger partial charge on any atom is 0.270 e. The summed E-state index contributed by atoms with van der Waals surface area (Å²) in [5, 5.41) is 23.7. The number of benzene rings is 1. The van der Waals surface area contributed by atoms with Crippen LogP contribution in [0.3, 0.4) is 0 Å². The Morgan fingerprint density at radius 1 is 1.56 bits per heavy atom. The molecule has 0 aliphatic carbocycles. The molecule has 1 N–H and O–H groups in total. The fourth-order valence-corrected chi connectivity index (χ4v) is 2.12. The molecule has 0 atom stereocenters. The molecule has 0 radical (unpaired) electrons. The Kier molecular flexibility index (Phi) is 3.00. The number of nitriles is 1. The summed E-state index contributed by atoms with van der Waals surface area (Å²) < 4.78 is 1.76. The molecule has 18 heavy (non-hydrogen) atoms. The lowest BCUT2D eigenvalue weighted by Crippen LogP contribution is -2.06. The molecule has 0 bridgehead atoms. The molecule has 0 aliphatic heterocycles. The largest absolute Gasteiger partial charge is 0.335 e. The molecule has 1 aromatic heterocycles. The maximum absolute atomic E-state index is 10.8. The van der Waals surface area contributed by atoms with Crippen LogP contribution < -0.4 is 5.32 Å². The first-order chi connectivity index (χ1) is 8.60. The highest BCUT2D eigenvalue weighted by molar-refractivity contribution is 5.88. The van der Waals surface area contributed by atoms with Crippen LogP contribution in [0.5, 0.6) is 0 Å². The highest BCUT2D eigenvalue weighted by atomic mass is 16.6. The Bertz CT molecular complexity index is 667. The molecule has 92 valence electrons. The standard InChI is InChI=1S/C12H12N4O2/c1-14-7-10-9-5-8(16(17)18)3-4-11(9)15(2)12(10)6-13/h3-5,14H,7H2,1-2H3. The molecule has 2 aromatic rings. The van der Waals surface area contributed by atoms with Gasteiger partial charge in [0.1, 0.15) is 11.8 Å². The number of nitrogens with one attached hydrogen (secondary N) is 1. The van der Waals surface area contributed by atoms with Gasteiger partial charge in [0.2, 0.25) is 0 Å². The lowest BCUT2D eigenvalue weighted by molar-refractivity contribution is -0.384. The Hall–Kier alpha value is -2.39. The van der Waals surface area contributed by atoms with Crippen molar-refractivity contribution in [2.75, 3.05) is 7.05 Å². The van der Waals surface area contributed by atoms with Gasteiger partial charge < -0.3 is 9.88 Å². The molecule has 1 heterocycles. The predicted molar refractivity (Wildman–Crippen MR) is 67.1 cm³/mol. The van der Waals surface area contributed by atoms with Crippen molar-refractivity contribution in [3.63, 3.8) is 0 Å². The van der Waals surface area contributed by atoms with E-state index in [1.54, 1.807) is 24.7 Å². The van der Waals surface area contributed by atoms with Crippen LogP contribution in [0.4, 0.5) is 5.69 Å². The first-order valence-electron chi connectivity index (χ1n) is 5.40. The number of non-ortho nitro benzene ring substituents is 1. The van der Waals surface area contributed by atoms with Crippen molar-refractivity contribution in [3.8, 4) is 6.07 Å². The van der Waals surface area contributed by atoms with Gasteiger partial charge in [-0.3, -0.25) is 10.1 Å². The lowest BCUT2D eigenvalue weighted by atomic mass is 10.1. The highest BCUT2D eigenvalue weighted by Gasteiger charge is 2.17. The molecule has 6 nitrogen and oxygen atoms in total. The molecule has 0 amide bonds. The molecule has 6 heteroatoms. The zero-order valence-corrected chi connectivity index (χ0v) is 10.1. The Balaban J connectivity index is 2.80. The van der Waals surface area contributed by atoms with Gasteiger partial charge in [0.05, 0.1) is 4.92 Å². The third-order valence-electron chi connectivity index (χ3n) is 2.96. The van der Waals surface area contributed by atoms with Crippen molar-refractivity contribution in [2.45, 2.75) is 6.54 Å². The summed E-state index contributed by atoms with van der Waals surface area (Å²) in [4.78, 5) is 10.4. The first kappa shape index (κ1) is 12.1. The SMILES string of the molecule is CNCc1c(C#N)n(C)c2ccc([N+](=O)[O-])cc12. The summed E-state index contributed by atoms with van der Waals surface area (Å²) in [6.45, 7) is 0.501. The van der Waals surface area contributed by atoms with Crippen molar-refractivity contribution in [3.05, 3.63) is 39.6 Å². The number of nitrogens with zero attached hydrogens (tertiary/aromatic N) is 3. The Morgan fingerprint density at radius 3 is 2.83 bits per heavy atom. The molecule has 0 unspecified atom stereocenters. The second-order valence-electron chi connectivity index (χ2n) is 3.99. The monoisotopic (exact) mass is 244 g/mol. The van der Waals surface area contributed by atoms with E-state index in [1.165, 1.54) is 12.1 Å². The minimum atomic E-state index is -0.429. The van der Waals surface area contributed by atoms with Gasteiger partial charge in [-0.05, 0) is 13.1 Å². The zero-order chi connectivity index (χ0) is 13.3. The van der Waals surface area contributed by atoms with Gasteiger partial charge in [-0.1, -0.05) is 0 Å². The average Bonchev–Trinajstić information content (AvgIpc) is 2.62. The van der Waals surface area contributed by atoms with E-state index in [4.69, 9.17) is 0 Å². The Labute approximate surface area is 104 Å². The molecule has 1 aromatic carbocycles. The van der Waals surface area contributed by atoms with Crippen LogP contribution >= 0.6 is 0 Å². The van der Waals surface area contributed by atoms with Gasteiger partial charge in [0.15, 0.2) is 0 Å². The van der Waals surface area contributed by atoms with Crippen molar-refractivity contribution in [2.24, 2.45) is 7.05 Å². The average molecular weight is 244 g/mol. The third kappa shape index (κ3) is 1.71. The van der Waals surface area contributed by atoms with E-state index < -0.39 is 4.92 Å². The van der Waals surface area contributed by atoms with Gasteiger partial charge in [-0.25, -0.2) is 0 Å². The number of nitro groups is 1. The molecular weight excluding hydrogens is 232 g/mol. The first-order valence-corrected chi connectivity index (χ1v) is 5.40. The van der Waals surface area contributed by atoms with Gasteiger partial charge in [-0.15, -0.1) is 0 Å². The predicted octanol–water partition coefficient (Wildman–Crippen LogP) is 1.68. The van der Waals surface area contributed by atoms with Crippen molar-refractivity contribution in [1.29, 1.82) is 5.26 Å². The van der Waals surface area contributed by atoms with Crippen LogP contribution in [0.1, 0.15) is 11.3 Å². The van der Waals surface area contributed by atoms with Crippen molar-refractivity contribution in [1.82, 2.24) is 9.88 Å². The zero-order valence-electron chi connectivity index (χ0n) is 10.1. The van der Waals surface area contributed by atoms with Crippen LogP contribution in [0, 0.1) is 21.4 Å². The van der Waals surface area contributed by atoms with Crippen molar-refractivity contribution >= 4 is 16.6 Å². The van der Waals surface area contributed by atoms with Crippen LogP contribution in [0.15, 0.2) is 18.2 Å². The summed E-state index contributed by atoms with van der Waals surface area (Å²) in [5.74, 6) is 0. The molecule has 0 saturated heterocycles. The van der Waals surface area contributed by atoms with E-state index in [1.807, 2.05) is 0 Å². The van der Waals surface area contributed by atoms with Gasteiger partial charge in [0, 0.05) is 42.2 Å². The molecule has 0 saturated carbocycles. The van der Waals surface area contributed by atoms with Gasteiger partial charge in [-0.2, -0.15) is 5.26 Å². The highest BCUT2D eigenvalue weighted by Crippen LogP contribution is 2.28. The number of rotatable bonds is 3. The topological polar surface area (TPSA) is 83.9 Å². The van der Waals surface area contributed by atoms with E-state index >= 15 is 0 Å². The van der Waals surface area contributed by atoms with Crippen LogP contribution in [-0.2, 0) is 13.6 Å². The van der Waals surface area contributed by atoms with Crippen LogP contribution in [-0.4, -0.2) is 16.5 Å². The minimum absolute atomic E-state index is 0.0370. The summed E-state index contributed by atoms with van der Waals surface area (Å²) in [7, 11) is 3.56. The summed E-state index contributed by atoms with van der Waals surface area (Å²) in [5.41, 5.74) is 2.18. The minimum Gasteiger partial charge on any atom is -0.335 e. The number of aryl methyl sites for hydroxylation is 1. The molecule has 0 aliphatic rings. The van der Waals surface area contributed by atoms with Gasteiger partial charge >= 0.3 is 0 Å². The van der Waals surface area contributed by atoms with Crippen LogP contribution in [0.2, 0.25) is 0 Å². The van der Waals surface area contributed by atoms with Crippen molar-refractivity contribution < 1.29 is 4.92 Å². The maximum atomic E-state index is 10.8. The molecule has 0 fully saturated rings. The second-order valence-corrected chi connectivity index (χ2v) is 3.99. The summed E-state index contributed by atoms with van der Waals surface area (Å²) in [6, 6.07) is 6.78. The third-order valence-corrected chi connectivity index (χ3v) is 2.96. The summed E-state index contributed by atoms with van der Waals surface area (Å²) in [6.07, 6.45) is 0. The van der Waals surface area contributed by atoms with E-state index in [0.29, 0.717) is 12.2 Å². The smallest absolute Gasteiger partial charge is 0.270 e. The lowest BCUT2D eigenvalue weighted by Gasteiger charge is -1.98. The van der Waals surface area contributed by atoms with Crippen LogP contribution in [0.25, 0.3) is 10.9 Å². The number of hydrogen-bond donors (Lipinski definition) is 1. The fourth-order valence-electron chi connectivity index (χ4n) is 2.12. The Morgan fingerprint density at radius 2 is 2.28 bits per heavy atom. The molecular formula is C12H12N4O2.